The molecule has 1 aromatic carbocycles. The third-order valence-corrected chi connectivity index (χ3v) is 4.51. The summed E-state index contributed by atoms with van der Waals surface area (Å²) in [6, 6.07) is 5.30. The smallest absolute Gasteiger partial charge is 0.341 e. The average Bonchev–Trinajstić information content (AvgIpc) is 2.47. The highest BCUT2D eigenvalue weighted by Crippen LogP contribution is 2.23. The van der Waals surface area contributed by atoms with E-state index in [-0.39, 0.29) is 12.7 Å². The summed E-state index contributed by atoms with van der Waals surface area (Å²) in [5.74, 6) is -3.42. The summed E-state index contributed by atoms with van der Waals surface area (Å²) in [7, 11) is -4.56. The van der Waals surface area contributed by atoms with Gasteiger partial charge < -0.3 is 14.7 Å². The van der Waals surface area contributed by atoms with Crippen LogP contribution >= 0.6 is 0 Å². The highest BCUT2D eigenvalue weighted by atomic mass is 32.2. The van der Waals surface area contributed by atoms with Crippen LogP contribution in [0, 0.1) is 0 Å². The van der Waals surface area contributed by atoms with Gasteiger partial charge in [0.2, 0.25) is 9.84 Å². The van der Waals surface area contributed by atoms with Crippen LogP contribution < -0.4 is 4.90 Å². The number of nitrogens with zero attached hydrogens (tertiary/aromatic N) is 1. The molecule has 1 unspecified atom stereocenters. The van der Waals surface area contributed by atoms with Gasteiger partial charge in [-0.05, 0) is 24.3 Å². The van der Waals surface area contributed by atoms with Crippen molar-refractivity contribution in [3.05, 3.63) is 24.3 Å². The SMILES string of the molecule is O=S(=O)(c1ccc(N2CCOC(CO)C2)cc1)C(F)F. The molecule has 1 aliphatic heterocycles. The number of morpholine rings is 1. The molecule has 1 saturated heterocycles. The maximum atomic E-state index is 12.4. The molecule has 5 nitrogen and oxygen atoms in total. The summed E-state index contributed by atoms with van der Waals surface area (Å²) in [5, 5.41) is 9.05. The van der Waals surface area contributed by atoms with Crippen LogP contribution in [0.4, 0.5) is 14.5 Å². The molecule has 0 saturated carbocycles. The fraction of sp³-hybridized carbons (Fsp3) is 0.500. The zero-order chi connectivity index (χ0) is 14.8. The zero-order valence-corrected chi connectivity index (χ0v) is 11.4. The number of ether oxygens (including phenoxy) is 1. The largest absolute Gasteiger partial charge is 0.394 e. The molecule has 1 heterocycles. The van der Waals surface area contributed by atoms with Gasteiger partial charge in [-0.1, -0.05) is 0 Å². The molecular formula is C12H15F2NO4S. The van der Waals surface area contributed by atoms with E-state index in [9.17, 15) is 17.2 Å². The Kier molecular flexibility index (Phi) is 4.56. The number of hydrogen-bond donors (Lipinski definition) is 1. The van der Waals surface area contributed by atoms with Gasteiger partial charge in [-0.3, -0.25) is 0 Å². The number of anilines is 1. The van der Waals surface area contributed by atoms with Crippen molar-refractivity contribution in [3.8, 4) is 0 Å². The minimum atomic E-state index is -4.56. The highest BCUT2D eigenvalue weighted by Gasteiger charge is 2.27. The van der Waals surface area contributed by atoms with Crippen molar-refractivity contribution in [1.82, 2.24) is 0 Å². The van der Waals surface area contributed by atoms with Crippen LogP contribution in [0.25, 0.3) is 0 Å². The Balaban J connectivity index is 2.16. The molecule has 20 heavy (non-hydrogen) atoms. The lowest BCUT2D eigenvalue weighted by atomic mass is 10.2. The first-order valence-electron chi connectivity index (χ1n) is 6.04. The van der Waals surface area contributed by atoms with E-state index in [1.807, 2.05) is 4.90 Å². The molecule has 0 aliphatic carbocycles. The number of hydrogen-bond acceptors (Lipinski definition) is 5. The van der Waals surface area contributed by atoms with Crippen molar-refractivity contribution in [1.29, 1.82) is 0 Å². The Hall–Kier alpha value is -1.25. The van der Waals surface area contributed by atoms with Crippen LogP contribution in [0.1, 0.15) is 0 Å². The first-order chi connectivity index (χ1) is 9.45. The highest BCUT2D eigenvalue weighted by molar-refractivity contribution is 7.91. The molecule has 112 valence electrons. The molecule has 8 heteroatoms. The predicted molar refractivity (Wildman–Crippen MR) is 68.7 cm³/mol. The maximum Gasteiger partial charge on any atom is 0.341 e. The molecule has 2 rings (SSSR count). The second-order valence-electron chi connectivity index (χ2n) is 4.42. The summed E-state index contributed by atoms with van der Waals surface area (Å²) < 4.78 is 52.7. The van der Waals surface area contributed by atoms with E-state index in [1.54, 1.807) is 0 Å². The number of benzene rings is 1. The van der Waals surface area contributed by atoms with Crippen LogP contribution in [0.15, 0.2) is 29.2 Å². The van der Waals surface area contributed by atoms with Crippen LogP contribution in [0.3, 0.4) is 0 Å². The normalized spacial score (nSPS) is 20.4. The first kappa shape index (κ1) is 15.1. The van der Waals surface area contributed by atoms with Gasteiger partial charge in [0.05, 0.1) is 24.2 Å². The standard InChI is InChI=1S/C12H15F2NO4S/c13-12(14)20(17,18)11-3-1-9(2-4-11)15-5-6-19-10(7-15)8-16/h1-4,10,12,16H,5-8H2. The Morgan fingerprint density at radius 2 is 2.00 bits per heavy atom. The monoisotopic (exact) mass is 307 g/mol. The van der Waals surface area contributed by atoms with Crippen LogP contribution in [-0.2, 0) is 14.6 Å². The van der Waals surface area contributed by atoms with E-state index in [1.165, 1.54) is 24.3 Å². The Bertz CT molecular complexity index is 547. The molecule has 1 aliphatic rings. The van der Waals surface area contributed by atoms with Gasteiger partial charge in [-0.25, -0.2) is 8.42 Å². The molecule has 0 radical (unpaired) electrons. The van der Waals surface area contributed by atoms with E-state index < -0.39 is 20.5 Å². The number of sulfone groups is 1. The summed E-state index contributed by atoms with van der Waals surface area (Å²) in [4.78, 5) is 1.51. The molecular weight excluding hydrogens is 292 g/mol. The second kappa shape index (κ2) is 6.02. The number of aliphatic hydroxyl groups excluding tert-OH is 1. The minimum Gasteiger partial charge on any atom is -0.394 e. The van der Waals surface area contributed by atoms with E-state index >= 15 is 0 Å². The minimum absolute atomic E-state index is 0.103. The number of halogens is 2. The van der Waals surface area contributed by atoms with E-state index in [2.05, 4.69) is 0 Å². The van der Waals surface area contributed by atoms with Crippen LogP contribution in [-0.4, -0.2) is 51.7 Å². The van der Waals surface area contributed by atoms with Crippen molar-refractivity contribution in [2.45, 2.75) is 16.8 Å². The van der Waals surface area contributed by atoms with Gasteiger partial charge in [0.15, 0.2) is 0 Å². The maximum absolute atomic E-state index is 12.4. The summed E-state index contributed by atoms with van der Waals surface area (Å²) in [5.41, 5.74) is 0.708. The molecule has 1 N–H and O–H groups in total. The predicted octanol–water partition coefficient (Wildman–Crippen LogP) is 0.880. The zero-order valence-electron chi connectivity index (χ0n) is 10.6. The van der Waals surface area contributed by atoms with Gasteiger partial charge in [-0.15, -0.1) is 0 Å². The molecule has 1 atom stereocenters. The molecule has 0 aromatic heterocycles. The van der Waals surface area contributed by atoms with Gasteiger partial charge in [0.25, 0.3) is 0 Å². The summed E-state index contributed by atoms with van der Waals surface area (Å²) in [6.45, 7) is 1.41. The quantitative estimate of drug-likeness (QED) is 0.894. The lowest BCUT2D eigenvalue weighted by Crippen LogP contribution is -2.44. The summed E-state index contributed by atoms with van der Waals surface area (Å²) >= 11 is 0. The van der Waals surface area contributed by atoms with Crippen molar-refractivity contribution in [3.63, 3.8) is 0 Å². The van der Waals surface area contributed by atoms with Gasteiger partial charge >= 0.3 is 5.76 Å². The molecule has 0 amide bonds. The van der Waals surface area contributed by atoms with Crippen molar-refractivity contribution in [2.75, 3.05) is 31.2 Å². The van der Waals surface area contributed by atoms with Crippen molar-refractivity contribution < 1.29 is 27.0 Å². The average molecular weight is 307 g/mol. The summed E-state index contributed by atoms with van der Waals surface area (Å²) in [6.07, 6.45) is -0.298. The fourth-order valence-corrected chi connectivity index (χ4v) is 2.73. The van der Waals surface area contributed by atoms with Gasteiger partial charge in [0, 0.05) is 18.8 Å². The van der Waals surface area contributed by atoms with Crippen LogP contribution in [0.2, 0.25) is 0 Å². The number of rotatable bonds is 4. The topological polar surface area (TPSA) is 66.8 Å². The molecule has 0 bridgehead atoms. The van der Waals surface area contributed by atoms with E-state index in [4.69, 9.17) is 9.84 Å². The number of alkyl halides is 2. The lowest BCUT2D eigenvalue weighted by molar-refractivity contribution is 0.00356. The molecule has 0 spiro atoms. The fourth-order valence-electron chi connectivity index (χ4n) is 2.01. The Labute approximate surface area is 115 Å². The van der Waals surface area contributed by atoms with Crippen LogP contribution in [0.5, 0.6) is 0 Å². The van der Waals surface area contributed by atoms with E-state index in [0.717, 1.165) is 0 Å². The lowest BCUT2D eigenvalue weighted by Gasteiger charge is -2.33. The molecule has 1 fully saturated rings. The number of aliphatic hydroxyl groups is 1. The molecule has 1 aromatic rings. The third-order valence-electron chi connectivity index (χ3n) is 3.11. The Morgan fingerprint density at radius 1 is 1.35 bits per heavy atom. The Morgan fingerprint density at radius 3 is 2.55 bits per heavy atom. The second-order valence-corrected chi connectivity index (χ2v) is 6.34. The first-order valence-corrected chi connectivity index (χ1v) is 7.59. The third kappa shape index (κ3) is 3.08. The van der Waals surface area contributed by atoms with Crippen molar-refractivity contribution in [2.24, 2.45) is 0 Å². The van der Waals surface area contributed by atoms with E-state index in [0.29, 0.717) is 25.4 Å². The van der Waals surface area contributed by atoms with Crippen molar-refractivity contribution >= 4 is 15.5 Å². The van der Waals surface area contributed by atoms with Gasteiger partial charge in [-0.2, -0.15) is 8.78 Å². The van der Waals surface area contributed by atoms with Gasteiger partial charge in [0.1, 0.15) is 0 Å².